The van der Waals surface area contributed by atoms with Crippen molar-refractivity contribution in [2.45, 2.75) is 26.7 Å². The van der Waals surface area contributed by atoms with Crippen LogP contribution in [0.3, 0.4) is 0 Å². The minimum atomic E-state index is 0.0148. The molecule has 0 saturated heterocycles. The molecule has 0 unspecified atom stereocenters. The van der Waals surface area contributed by atoms with Gasteiger partial charge >= 0.3 is 0 Å². The molecule has 0 fully saturated rings. The van der Waals surface area contributed by atoms with E-state index in [9.17, 15) is 4.79 Å². The van der Waals surface area contributed by atoms with E-state index < -0.39 is 0 Å². The fourth-order valence-electron chi connectivity index (χ4n) is 3.31. The van der Waals surface area contributed by atoms with Crippen molar-refractivity contribution in [2.24, 2.45) is 0 Å². The molecule has 26 heavy (non-hydrogen) atoms. The van der Waals surface area contributed by atoms with E-state index >= 15 is 0 Å². The highest BCUT2D eigenvalue weighted by atomic mass is 16.2. The van der Waals surface area contributed by atoms with Crippen LogP contribution in [-0.4, -0.2) is 41.3 Å². The number of aromatic amines is 1. The molecule has 2 heterocycles. The fraction of sp³-hybridized carbons (Fsp3) is 0.318. The van der Waals surface area contributed by atoms with Crippen LogP contribution in [0.1, 0.15) is 52.6 Å². The van der Waals surface area contributed by atoms with Crippen molar-refractivity contribution in [1.82, 2.24) is 14.8 Å². The Balaban J connectivity index is 2.07. The summed E-state index contributed by atoms with van der Waals surface area (Å²) in [6.07, 6.45) is 4.42. The molecule has 0 bridgehead atoms. The number of aryl methyl sites for hydroxylation is 1. The van der Waals surface area contributed by atoms with Crippen molar-refractivity contribution >= 4 is 17.2 Å². The van der Waals surface area contributed by atoms with Gasteiger partial charge in [0, 0.05) is 49.2 Å². The first-order valence-corrected chi connectivity index (χ1v) is 9.12. The molecule has 1 N–H and O–H groups in total. The number of H-pyrrole nitrogens is 1. The van der Waals surface area contributed by atoms with Crippen LogP contribution >= 0.6 is 0 Å². The van der Waals surface area contributed by atoms with Gasteiger partial charge in [-0.05, 0) is 37.1 Å². The first-order valence-electron chi connectivity index (χ1n) is 9.12. The molecule has 2 aromatic rings. The van der Waals surface area contributed by atoms with Crippen LogP contribution < -0.4 is 0 Å². The van der Waals surface area contributed by atoms with E-state index in [1.165, 1.54) is 0 Å². The van der Waals surface area contributed by atoms with Crippen molar-refractivity contribution in [3.05, 3.63) is 71.2 Å². The summed E-state index contributed by atoms with van der Waals surface area (Å²) in [5, 5.41) is 0. The van der Waals surface area contributed by atoms with Gasteiger partial charge in [-0.2, -0.15) is 0 Å². The summed E-state index contributed by atoms with van der Waals surface area (Å²) in [5.74, 6) is 0.0148. The molecule has 1 aliphatic heterocycles. The number of hydrogen-bond donors (Lipinski definition) is 1. The van der Waals surface area contributed by atoms with E-state index in [4.69, 9.17) is 0 Å². The minimum Gasteiger partial charge on any atom is -0.357 e. The minimum absolute atomic E-state index is 0.0148. The van der Waals surface area contributed by atoms with Gasteiger partial charge in [-0.15, -0.1) is 0 Å². The summed E-state index contributed by atoms with van der Waals surface area (Å²) in [6.45, 7) is 9.48. The summed E-state index contributed by atoms with van der Waals surface area (Å²) in [5.41, 5.74) is 7.21. The number of nitrogens with one attached hydrogen (secondary N) is 1. The number of aromatic nitrogens is 1. The summed E-state index contributed by atoms with van der Waals surface area (Å²) in [4.78, 5) is 19.6. The van der Waals surface area contributed by atoms with E-state index in [1.54, 1.807) is 19.0 Å². The van der Waals surface area contributed by atoms with E-state index in [-0.39, 0.29) is 5.91 Å². The number of rotatable bonds is 5. The Bertz CT molecular complexity index is 873. The molecule has 136 valence electrons. The van der Waals surface area contributed by atoms with Gasteiger partial charge in [0.1, 0.15) is 0 Å². The third-order valence-corrected chi connectivity index (χ3v) is 4.74. The third-order valence-electron chi connectivity index (χ3n) is 4.74. The number of nitrogens with zero attached hydrogens (tertiary/aromatic N) is 2. The number of unbranched alkanes of at least 4 members (excludes halogenated alkanes) is 1. The molecule has 4 heteroatoms. The van der Waals surface area contributed by atoms with Crippen LogP contribution in [0, 0.1) is 6.92 Å². The maximum Gasteiger partial charge on any atom is 0.253 e. The lowest BCUT2D eigenvalue weighted by molar-refractivity contribution is 0.0827. The molecule has 1 aromatic heterocycles. The van der Waals surface area contributed by atoms with Crippen molar-refractivity contribution in [3.63, 3.8) is 0 Å². The molecule has 0 saturated carbocycles. The molecular weight excluding hydrogens is 322 g/mol. The van der Waals surface area contributed by atoms with Crippen molar-refractivity contribution < 1.29 is 4.79 Å². The zero-order valence-electron chi connectivity index (χ0n) is 16.1. The first-order chi connectivity index (χ1) is 12.4. The third kappa shape index (κ3) is 3.32. The molecule has 1 aliphatic rings. The number of carbonyl (C=O) groups is 1. The number of benzene rings is 1. The molecule has 3 rings (SSSR count). The van der Waals surface area contributed by atoms with Crippen LogP contribution in [-0.2, 0) is 0 Å². The van der Waals surface area contributed by atoms with E-state index in [1.807, 2.05) is 18.2 Å². The summed E-state index contributed by atoms with van der Waals surface area (Å²) in [6, 6.07) is 10.0. The summed E-state index contributed by atoms with van der Waals surface area (Å²) < 4.78 is 0. The highest BCUT2D eigenvalue weighted by Crippen LogP contribution is 2.37. The van der Waals surface area contributed by atoms with E-state index in [0.717, 1.165) is 53.2 Å². The highest BCUT2D eigenvalue weighted by Gasteiger charge is 2.24. The Morgan fingerprint density at radius 1 is 1.27 bits per heavy atom. The topological polar surface area (TPSA) is 39.3 Å². The largest absolute Gasteiger partial charge is 0.357 e. The lowest BCUT2D eigenvalue weighted by Gasteiger charge is -2.29. The van der Waals surface area contributed by atoms with Crippen LogP contribution in [0.4, 0.5) is 0 Å². The molecule has 1 amide bonds. The van der Waals surface area contributed by atoms with E-state index in [2.05, 4.69) is 48.6 Å². The van der Waals surface area contributed by atoms with Gasteiger partial charge in [0.25, 0.3) is 5.91 Å². The summed E-state index contributed by atoms with van der Waals surface area (Å²) in [7, 11) is 3.55. The van der Waals surface area contributed by atoms with Gasteiger partial charge in [0.15, 0.2) is 0 Å². The van der Waals surface area contributed by atoms with Crippen LogP contribution in [0.15, 0.2) is 43.1 Å². The average molecular weight is 349 g/mol. The van der Waals surface area contributed by atoms with Gasteiger partial charge in [-0.25, -0.2) is 0 Å². The maximum absolute atomic E-state index is 12.4. The lowest BCUT2D eigenvalue weighted by Crippen LogP contribution is -2.22. The predicted octanol–water partition coefficient (Wildman–Crippen LogP) is 4.50. The second-order valence-corrected chi connectivity index (χ2v) is 7.06. The zero-order valence-corrected chi connectivity index (χ0v) is 16.1. The van der Waals surface area contributed by atoms with Crippen LogP contribution in [0.25, 0.3) is 11.3 Å². The normalized spacial score (nSPS) is 13.5. The molecule has 4 nitrogen and oxygen atoms in total. The molecule has 0 radical (unpaired) electrons. The lowest BCUT2D eigenvalue weighted by atomic mass is 9.93. The Kier molecular flexibility index (Phi) is 5.03. The monoisotopic (exact) mass is 349 g/mol. The molecule has 0 atom stereocenters. The van der Waals surface area contributed by atoms with Crippen molar-refractivity contribution in [1.29, 1.82) is 0 Å². The van der Waals surface area contributed by atoms with Gasteiger partial charge in [0.2, 0.25) is 0 Å². The number of amides is 1. The van der Waals surface area contributed by atoms with Gasteiger partial charge < -0.3 is 14.8 Å². The zero-order chi connectivity index (χ0) is 18.8. The van der Waals surface area contributed by atoms with Gasteiger partial charge in [0.05, 0.1) is 11.4 Å². The Hall–Kier alpha value is -2.75. The molecule has 0 aliphatic carbocycles. The fourth-order valence-corrected chi connectivity index (χ4v) is 3.31. The molecule has 1 aromatic carbocycles. The van der Waals surface area contributed by atoms with Gasteiger partial charge in [-0.1, -0.05) is 32.1 Å². The van der Waals surface area contributed by atoms with Crippen LogP contribution in [0.5, 0.6) is 0 Å². The smallest absolute Gasteiger partial charge is 0.253 e. The Labute approximate surface area is 155 Å². The van der Waals surface area contributed by atoms with E-state index in [0.29, 0.717) is 5.56 Å². The number of fused-ring (bicyclic) bond motifs is 1. The average Bonchev–Trinajstić information content (AvgIpc) is 3.02. The quantitative estimate of drug-likeness (QED) is 0.863. The second-order valence-electron chi connectivity index (χ2n) is 7.06. The molecular formula is C22H27N3O. The standard InChI is InChI=1S/C22H27N3O/c1-6-7-11-25-14-20(19-12-15(2)23-21(19)16(25)3)17-9-8-10-18(13-17)22(26)24(4)5/h8-10,12-14,23H,3,6-7,11H2,1-2,4-5H3. The second kappa shape index (κ2) is 7.24. The van der Waals surface area contributed by atoms with Gasteiger partial charge in [-0.3, -0.25) is 4.79 Å². The van der Waals surface area contributed by atoms with Crippen molar-refractivity contribution in [2.75, 3.05) is 20.6 Å². The predicted molar refractivity (Wildman–Crippen MR) is 108 cm³/mol. The Morgan fingerprint density at radius 3 is 2.73 bits per heavy atom. The highest BCUT2D eigenvalue weighted by molar-refractivity contribution is 5.96. The number of carbonyl (C=O) groups excluding carboxylic acids is 1. The maximum atomic E-state index is 12.4. The Morgan fingerprint density at radius 2 is 2.04 bits per heavy atom. The van der Waals surface area contributed by atoms with Crippen LogP contribution in [0.2, 0.25) is 0 Å². The first kappa shape index (κ1) is 18.1. The van der Waals surface area contributed by atoms with Crippen molar-refractivity contribution in [3.8, 4) is 0 Å². The number of hydrogen-bond acceptors (Lipinski definition) is 2. The molecule has 0 spiro atoms. The SMILES string of the molecule is C=C1c2[nH]c(C)cc2C(c2cccc(C(=O)N(C)C)c2)=CN1CCCC. The summed E-state index contributed by atoms with van der Waals surface area (Å²) >= 11 is 0.